The van der Waals surface area contributed by atoms with Crippen LogP contribution in [0.4, 0.5) is 0 Å². The number of rotatable bonds is 20. The van der Waals surface area contributed by atoms with E-state index in [2.05, 4.69) is 6.55 Å². The van der Waals surface area contributed by atoms with Crippen molar-refractivity contribution in [3.05, 3.63) is 0 Å². The second-order valence-corrected chi connectivity index (χ2v) is 13.1. The Morgan fingerprint density at radius 3 is 1.39 bits per heavy atom. The van der Waals surface area contributed by atoms with Gasteiger partial charge in [0, 0.05) is 44.8 Å². The van der Waals surface area contributed by atoms with E-state index in [1.807, 2.05) is 34.6 Å². The molecule has 6 nitrogen and oxygen atoms in total. The van der Waals surface area contributed by atoms with Gasteiger partial charge in [0.1, 0.15) is 0 Å². The summed E-state index contributed by atoms with van der Waals surface area (Å²) in [5.41, 5.74) is 0.840. The normalized spacial score (nSPS) is 12.5. The molecule has 0 rings (SSSR count). The highest BCUT2D eigenvalue weighted by molar-refractivity contribution is 6.66. The van der Waals surface area contributed by atoms with E-state index in [0.29, 0.717) is 33.0 Å². The van der Waals surface area contributed by atoms with Crippen molar-refractivity contribution in [2.24, 2.45) is 0 Å². The lowest BCUT2D eigenvalue weighted by molar-refractivity contribution is 0.0707. The molecule has 0 aromatic heterocycles. The van der Waals surface area contributed by atoms with Crippen LogP contribution in [0.25, 0.3) is 0 Å². The molecular weight excluding hydrogens is 390 g/mol. The molecule has 0 spiro atoms. The summed E-state index contributed by atoms with van der Waals surface area (Å²) < 4.78 is 29.4. The maximum Gasteiger partial charge on any atom is 0.500 e. The van der Waals surface area contributed by atoms with Crippen LogP contribution in [0.2, 0.25) is 18.6 Å². The van der Waals surface area contributed by atoms with E-state index in [1.165, 1.54) is 0 Å². The summed E-state index contributed by atoms with van der Waals surface area (Å²) in [6.07, 6.45) is 5.80. The molecule has 0 radical (unpaired) electrons. The van der Waals surface area contributed by atoms with Gasteiger partial charge in [0.2, 0.25) is 0 Å². The molecule has 0 aromatic carbocycles. The van der Waals surface area contributed by atoms with Gasteiger partial charge in [0.25, 0.3) is 0 Å². The van der Waals surface area contributed by atoms with E-state index < -0.39 is 17.4 Å². The standard InChI is InChI=1S/C20H45NO5Si2/c1-7-22-27(6,23-8-2)18-14-12-16-20(21)17-13-15-19-28(24-9-3,25-10-4)26-11-5/h21H,7-19H2,1-6H3. The van der Waals surface area contributed by atoms with Crippen LogP contribution < -0.4 is 0 Å². The van der Waals surface area contributed by atoms with Crippen molar-refractivity contribution < 1.29 is 22.1 Å². The molecule has 1 N–H and O–H groups in total. The number of hydrogen-bond donors (Lipinski definition) is 1. The number of unbranched alkanes of at least 4 members (excludes halogenated alkanes) is 2. The molecule has 0 aliphatic carbocycles. The minimum Gasteiger partial charge on any atom is -0.395 e. The van der Waals surface area contributed by atoms with Crippen LogP contribution in [0.3, 0.4) is 0 Å². The zero-order chi connectivity index (χ0) is 21.3. The molecule has 0 bridgehead atoms. The lowest BCUT2D eigenvalue weighted by Gasteiger charge is -2.28. The number of nitrogens with one attached hydrogen (secondary N) is 1. The van der Waals surface area contributed by atoms with Crippen LogP contribution >= 0.6 is 0 Å². The molecule has 0 fully saturated rings. The summed E-state index contributed by atoms with van der Waals surface area (Å²) in [7, 11) is -4.53. The minimum absolute atomic E-state index is 0.619. The SMILES string of the molecule is CCO[Si](C)(CCCCC(=N)CCCC[Si](OCC)(OCC)OCC)OCC. The Hall–Kier alpha value is -0.0962. The third kappa shape index (κ3) is 12.5. The van der Waals surface area contributed by atoms with Crippen LogP contribution in [-0.2, 0) is 22.1 Å². The summed E-state index contributed by atoms with van der Waals surface area (Å²) in [5.74, 6) is 0. The Balaban J connectivity index is 4.11. The zero-order valence-corrected chi connectivity index (χ0v) is 21.2. The molecular formula is C20H45NO5Si2. The monoisotopic (exact) mass is 435 g/mol. The van der Waals surface area contributed by atoms with Gasteiger partial charge in [-0.1, -0.05) is 6.42 Å². The average Bonchev–Trinajstić information content (AvgIpc) is 2.64. The second-order valence-electron chi connectivity index (χ2n) is 7.00. The quantitative estimate of drug-likeness (QED) is 0.154. The highest BCUT2D eigenvalue weighted by atomic mass is 28.4. The van der Waals surface area contributed by atoms with Gasteiger partial charge in [-0.3, -0.25) is 0 Å². The summed E-state index contributed by atoms with van der Waals surface area (Å²) >= 11 is 0. The van der Waals surface area contributed by atoms with Gasteiger partial charge in [0.15, 0.2) is 0 Å². The Labute approximate surface area is 175 Å². The zero-order valence-electron chi connectivity index (χ0n) is 19.2. The Morgan fingerprint density at radius 2 is 1.00 bits per heavy atom. The first kappa shape index (κ1) is 27.9. The lowest BCUT2D eigenvalue weighted by Crippen LogP contribution is -2.45. The predicted molar refractivity (Wildman–Crippen MR) is 121 cm³/mol. The van der Waals surface area contributed by atoms with Gasteiger partial charge in [-0.15, -0.1) is 0 Å². The topological polar surface area (TPSA) is 70.0 Å². The Morgan fingerprint density at radius 1 is 0.607 bits per heavy atom. The van der Waals surface area contributed by atoms with Crippen molar-refractivity contribution in [1.82, 2.24) is 0 Å². The van der Waals surface area contributed by atoms with Crippen LogP contribution in [-0.4, -0.2) is 56.1 Å². The maximum absolute atomic E-state index is 8.23. The summed E-state index contributed by atoms with van der Waals surface area (Å²) in [6, 6.07) is 1.84. The van der Waals surface area contributed by atoms with Crippen molar-refractivity contribution in [2.75, 3.05) is 33.0 Å². The Bertz CT molecular complexity index is 376. The molecule has 168 valence electrons. The van der Waals surface area contributed by atoms with Crippen molar-refractivity contribution >= 4 is 23.1 Å². The van der Waals surface area contributed by atoms with E-state index in [0.717, 1.165) is 56.3 Å². The van der Waals surface area contributed by atoms with Crippen LogP contribution in [0.5, 0.6) is 0 Å². The van der Waals surface area contributed by atoms with Gasteiger partial charge in [-0.05, 0) is 79.3 Å². The van der Waals surface area contributed by atoms with Crippen molar-refractivity contribution in [2.45, 2.75) is 91.8 Å². The smallest absolute Gasteiger partial charge is 0.395 e. The van der Waals surface area contributed by atoms with Crippen molar-refractivity contribution in [3.63, 3.8) is 0 Å². The summed E-state index contributed by atoms with van der Waals surface area (Å²) in [6.45, 7) is 15.5. The first-order valence-corrected chi connectivity index (χ1v) is 15.6. The van der Waals surface area contributed by atoms with Gasteiger partial charge in [-0.2, -0.15) is 0 Å². The van der Waals surface area contributed by atoms with Gasteiger partial charge < -0.3 is 27.5 Å². The largest absolute Gasteiger partial charge is 0.500 e. The van der Waals surface area contributed by atoms with Gasteiger partial charge in [0.05, 0.1) is 0 Å². The molecule has 28 heavy (non-hydrogen) atoms. The van der Waals surface area contributed by atoms with E-state index in [1.54, 1.807) is 0 Å². The second kappa shape index (κ2) is 16.7. The number of hydrogen-bond acceptors (Lipinski definition) is 6. The molecule has 0 heterocycles. The molecule has 0 saturated carbocycles. The minimum atomic E-state index is -2.53. The molecule has 0 saturated heterocycles. The molecule has 0 aliphatic heterocycles. The fourth-order valence-corrected chi connectivity index (χ4v) is 8.56. The molecule has 0 amide bonds. The van der Waals surface area contributed by atoms with Crippen molar-refractivity contribution in [3.8, 4) is 0 Å². The highest BCUT2D eigenvalue weighted by Crippen LogP contribution is 2.21. The van der Waals surface area contributed by atoms with E-state index in [4.69, 9.17) is 27.5 Å². The van der Waals surface area contributed by atoms with Gasteiger partial charge >= 0.3 is 17.4 Å². The van der Waals surface area contributed by atoms with Crippen molar-refractivity contribution in [1.29, 1.82) is 5.41 Å². The summed E-state index contributed by atoms with van der Waals surface area (Å²) in [5, 5.41) is 8.23. The van der Waals surface area contributed by atoms with Crippen LogP contribution in [0, 0.1) is 5.41 Å². The van der Waals surface area contributed by atoms with E-state index >= 15 is 0 Å². The van der Waals surface area contributed by atoms with Crippen LogP contribution in [0.15, 0.2) is 0 Å². The van der Waals surface area contributed by atoms with Gasteiger partial charge in [-0.25, -0.2) is 0 Å². The fourth-order valence-electron chi connectivity index (χ4n) is 3.39. The first-order valence-electron chi connectivity index (χ1n) is 11.2. The lowest BCUT2D eigenvalue weighted by atomic mass is 10.1. The fraction of sp³-hybridized carbons (Fsp3) is 0.950. The molecule has 0 aliphatic rings. The summed E-state index contributed by atoms with van der Waals surface area (Å²) in [4.78, 5) is 0. The maximum atomic E-state index is 8.23. The predicted octanol–water partition coefficient (Wildman–Crippen LogP) is 5.54. The van der Waals surface area contributed by atoms with Crippen LogP contribution in [0.1, 0.15) is 73.1 Å². The third-order valence-electron chi connectivity index (χ3n) is 4.56. The molecule has 0 aromatic rings. The Kier molecular flexibility index (Phi) is 16.6. The average molecular weight is 436 g/mol. The van der Waals surface area contributed by atoms with E-state index in [-0.39, 0.29) is 0 Å². The first-order chi connectivity index (χ1) is 13.4. The third-order valence-corrected chi connectivity index (χ3v) is 10.8. The molecule has 0 atom stereocenters. The van der Waals surface area contributed by atoms with E-state index in [9.17, 15) is 0 Å². The molecule has 8 heteroatoms. The highest BCUT2D eigenvalue weighted by Gasteiger charge is 2.39. The molecule has 0 unspecified atom stereocenters.